The molecule has 1 aromatic carbocycles. The molecule has 2 atom stereocenters. The third-order valence-corrected chi connectivity index (χ3v) is 3.13. The van der Waals surface area contributed by atoms with Crippen molar-refractivity contribution in [1.82, 2.24) is 5.32 Å². The van der Waals surface area contributed by atoms with Crippen LogP contribution in [0.2, 0.25) is 0 Å². The van der Waals surface area contributed by atoms with Crippen molar-refractivity contribution in [2.75, 3.05) is 6.54 Å². The Hall–Kier alpha value is -2.61. The lowest BCUT2D eigenvalue weighted by Crippen LogP contribution is -2.46. The van der Waals surface area contributed by atoms with Crippen LogP contribution < -0.4 is 16.8 Å². The number of aliphatic carboxylic acids is 1. The summed E-state index contributed by atoms with van der Waals surface area (Å²) in [6.45, 7) is 0.291. The van der Waals surface area contributed by atoms with Gasteiger partial charge < -0.3 is 27.0 Å². The largest absolute Gasteiger partial charge is 0.480 e. The quantitative estimate of drug-likeness (QED) is 0.228. The Morgan fingerprint density at radius 1 is 1.22 bits per heavy atom. The summed E-state index contributed by atoms with van der Waals surface area (Å²) in [6, 6.07) is 7.83. The van der Waals surface area contributed by atoms with Gasteiger partial charge in [0, 0.05) is 13.0 Å². The number of hydrogen-bond acceptors (Lipinski definition) is 4. The summed E-state index contributed by atoms with van der Waals surface area (Å²) in [4.78, 5) is 26.9. The number of hydrogen-bond donors (Lipinski definition) is 5. The molecule has 8 nitrogen and oxygen atoms in total. The molecule has 126 valence electrons. The predicted octanol–water partition coefficient (Wildman–Crippen LogP) is -0.787. The number of carboxylic acid groups (broad SMARTS) is 1. The van der Waals surface area contributed by atoms with Gasteiger partial charge in [-0.3, -0.25) is 9.79 Å². The van der Waals surface area contributed by atoms with Crippen molar-refractivity contribution in [2.24, 2.45) is 16.5 Å². The number of nitrogens with zero attached hydrogens (tertiary/aromatic N) is 1. The summed E-state index contributed by atoms with van der Waals surface area (Å²) in [5.74, 6) is -1.94. The number of aliphatic imine (C=N–C) groups is 1. The SMILES string of the molecule is NC(N)=NCCC[C@H](O)C(=O)NC(Cc1ccccc1)C(=O)O. The highest BCUT2D eigenvalue weighted by Gasteiger charge is 2.23. The van der Waals surface area contributed by atoms with Gasteiger partial charge >= 0.3 is 5.97 Å². The van der Waals surface area contributed by atoms with Crippen molar-refractivity contribution < 1.29 is 19.8 Å². The fraction of sp³-hybridized carbons (Fsp3) is 0.400. The molecule has 0 saturated heterocycles. The van der Waals surface area contributed by atoms with Gasteiger partial charge in [-0.1, -0.05) is 30.3 Å². The molecule has 0 radical (unpaired) electrons. The molecule has 1 rings (SSSR count). The normalized spacial score (nSPS) is 12.9. The van der Waals surface area contributed by atoms with Gasteiger partial charge in [-0.15, -0.1) is 0 Å². The highest BCUT2D eigenvalue weighted by molar-refractivity contribution is 5.86. The third-order valence-electron chi connectivity index (χ3n) is 3.13. The van der Waals surface area contributed by atoms with E-state index in [2.05, 4.69) is 10.3 Å². The number of amides is 1. The van der Waals surface area contributed by atoms with Gasteiger partial charge in [-0.2, -0.15) is 0 Å². The first-order chi connectivity index (χ1) is 10.9. The minimum atomic E-state index is -1.30. The van der Waals surface area contributed by atoms with Gasteiger partial charge in [0.25, 0.3) is 0 Å². The zero-order valence-corrected chi connectivity index (χ0v) is 12.7. The molecule has 1 amide bonds. The Balaban J connectivity index is 2.50. The molecular weight excluding hydrogens is 300 g/mol. The van der Waals surface area contributed by atoms with E-state index in [0.29, 0.717) is 13.0 Å². The van der Waals surface area contributed by atoms with Crippen molar-refractivity contribution in [1.29, 1.82) is 0 Å². The Labute approximate surface area is 134 Å². The molecule has 0 spiro atoms. The van der Waals surface area contributed by atoms with Crippen molar-refractivity contribution in [3.8, 4) is 0 Å². The average Bonchev–Trinajstić information content (AvgIpc) is 2.51. The maximum Gasteiger partial charge on any atom is 0.326 e. The molecule has 0 fully saturated rings. The van der Waals surface area contributed by atoms with E-state index in [-0.39, 0.29) is 18.8 Å². The summed E-state index contributed by atoms with van der Waals surface area (Å²) in [5.41, 5.74) is 11.1. The fourth-order valence-corrected chi connectivity index (χ4v) is 1.94. The van der Waals surface area contributed by atoms with Crippen LogP contribution in [-0.4, -0.2) is 46.7 Å². The highest BCUT2D eigenvalue weighted by Crippen LogP contribution is 2.05. The maximum atomic E-state index is 11.9. The second kappa shape index (κ2) is 9.42. The molecule has 0 heterocycles. The lowest BCUT2D eigenvalue weighted by Gasteiger charge is -2.17. The molecule has 0 aromatic heterocycles. The van der Waals surface area contributed by atoms with E-state index in [4.69, 9.17) is 11.5 Å². The maximum absolute atomic E-state index is 11.9. The van der Waals surface area contributed by atoms with E-state index in [1.54, 1.807) is 24.3 Å². The van der Waals surface area contributed by atoms with Crippen LogP contribution in [0.4, 0.5) is 0 Å². The smallest absolute Gasteiger partial charge is 0.326 e. The first-order valence-electron chi connectivity index (χ1n) is 7.20. The van der Waals surface area contributed by atoms with Crippen LogP contribution in [0.25, 0.3) is 0 Å². The highest BCUT2D eigenvalue weighted by atomic mass is 16.4. The zero-order valence-electron chi connectivity index (χ0n) is 12.7. The molecule has 1 unspecified atom stereocenters. The monoisotopic (exact) mass is 322 g/mol. The molecule has 0 bridgehead atoms. The van der Waals surface area contributed by atoms with Gasteiger partial charge in [0.2, 0.25) is 5.91 Å². The van der Waals surface area contributed by atoms with Crippen LogP contribution in [0.5, 0.6) is 0 Å². The Morgan fingerprint density at radius 2 is 1.87 bits per heavy atom. The number of benzene rings is 1. The van der Waals surface area contributed by atoms with E-state index >= 15 is 0 Å². The standard InChI is InChI=1S/C15H22N4O4/c16-15(17)18-8-4-7-12(20)13(21)19-11(14(22)23)9-10-5-2-1-3-6-10/h1-3,5-6,11-12,20H,4,7-9H2,(H,19,21)(H,22,23)(H4,16,17,18)/t11?,12-/m0/s1. The van der Waals surface area contributed by atoms with Gasteiger partial charge in [-0.25, -0.2) is 4.79 Å². The number of guanidine groups is 1. The molecule has 23 heavy (non-hydrogen) atoms. The number of carbonyl (C=O) groups excluding carboxylic acids is 1. The lowest BCUT2D eigenvalue weighted by molar-refractivity contribution is -0.143. The summed E-state index contributed by atoms with van der Waals surface area (Å²) in [6.07, 6.45) is -0.618. The Kier molecular flexibility index (Phi) is 7.55. The predicted molar refractivity (Wildman–Crippen MR) is 85.6 cm³/mol. The van der Waals surface area contributed by atoms with Gasteiger partial charge in [0.05, 0.1) is 0 Å². The lowest BCUT2D eigenvalue weighted by atomic mass is 10.1. The summed E-state index contributed by atoms with van der Waals surface area (Å²) in [5, 5.41) is 21.3. The molecule has 0 aliphatic carbocycles. The second-order valence-electron chi connectivity index (χ2n) is 5.05. The third kappa shape index (κ3) is 7.28. The van der Waals surface area contributed by atoms with Crippen LogP contribution in [0.15, 0.2) is 35.3 Å². The molecule has 1 aromatic rings. The summed E-state index contributed by atoms with van der Waals surface area (Å²) < 4.78 is 0. The van der Waals surface area contributed by atoms with E-state index in [0.717, 1.165) is 5.56 Å². The van der Waals surface area contributed by atoms with Gasteiger partial charge in [0.15, 0.2) is 5.96 Å². The van der Waals surface area contributed by atoms with Crippen molar-refractivity contribution in [3.63, 3.8) is 0 Å². The molecule has 8 heteroatoms. The number of carboxylic acids is 1. The fourth-order valence-electron chi connectivity index (χ4n) is 1.94. The van der Waals surface area contributed by atoms with Crippen LogP contribution in [0.3, 0.4) is 0 Å². The minimum Gasteiger partial charge on any atom is -0.480 e. The minimum absolute atomic E-state index is 0.0576. The van der Waals surface area contributed by atoms with Gasteiger partial charge in [0.1, 0.15) is 12.1 Å². The van der Waals surface area contributed by atoms with Crippen LogP contribution in [-0.2, 0) is 16.0 Å². The van der Waals surface area contributed by atoms with Crippen LogP contribution in [0, 0.1) is 0 Å². The van der Waals surface area contributed by atoms with Crippen molar-refractivity contribution in [2.45, 2.75) is 31.4 Å². The summed E-state index contributed by atoms with van der Waals surface area (Å²) >= 11 is 0. The van der Waals surface area contributed by atoms with Crippen LogP contribution >= 0.6 is 0 Å². The second-order valence-corrected chi connectivity index (χ2v) is 5.05. The van der Waals surface area contributed by atoms with E-state index < -0.39 is 24.0 Å². The first kappa shape index (κ1) is 18.4. The number of nitrogens with two attached hydrogens (primary N) is 2. The molecular formula is C15H22N4O4. The Bertz CT molecular complexity index is 544. The zero-order chi connectivity index (χ0) is 17.2. The number of carbonyl (C=O) groups is 2. The molecule has 0 aliphatic heterocycles. The number of nitrogens with one attached hydrogen (secondary N) is 1. The first-order valence-corrected chi connectivity index (χ1v) is 7.20. The van der Waals surface area contributed by atoms with Crippen LogP contribution in [0.1, 0.15) is 18.4 Å². The average molecular weight is 322 g/mol. The van der Waals surface area contributed by atoms with Crippen molar-refractivity contribution >= 4 is 17.8 Å². The van der Waals surface area contributed by atoms with Crippen molar-refractivity contribution in [3.05, 3.63) is 35.9 Å². The number of rotatable bonds is 9. The number of aliphatic hydroxyl groups is 1. The Morgan fingerprint density at radius 3 is 2.43 bits per heavy atom. The van der Waals surface area contributed by atoms with Gasteiger partial charge in [-0.05, 0) is 18.4 Å². The van der Waals surface area contributed by atoms with E-state index in [9.17, 15) is 19.8 Å². The van der Waals surface area contributed by atoms with E-state index in [1.807, 2.05) is 6.07 Å². The molecule has 0 saturated carbocycles. The molecule has 0 aliphatic rings. The topological polar surface area (TPSA) is 151 Å². The van der Waals surface area contributed by atoms with E-state index in [1.165, 1.54) is 0 Å². The molecule has 7 N–H and O–H groups in total. The summed E-state index contributed by atoms with van der Waals surface area (Å²) in [7, 11) is 0. The number of aliphatic hydroxyl groups excluding tert-OH is 1.